The summed E-state index contributed by atoms with van der Waals surface area (Å²) in [5, 5.41) is 5.68. The van der Waals surface area contributed by atoms with Gasteiger partial charge in [-0.3, -0.25) is 14.5 Å². The van der Waals surface area contributed by atoms with Crippen LogP contribution in [0.2, 0.25) is 0 Å². The van der Waals surface area contributed by atoms with E-state index in [2.05, 4.69) is 10.6 Å². The smallest absolute Gasteiger partial charge is 0.325 e. The van der Waals surface area contributed by atoms with Crippen molar-refractivity contribution in [1.82, 2.24) is 15.5 Å². The van der Waals surface area contributed by atoms with Crippen LogP contribution in [0, 0.1) is 0 Å². The van der Waals surface area contributed by atoms with E-state index < -0.39 is 5.54 Å². The average Bonchev–Trinajstić information content (AvgIpc) is 3.20. The summed E-state index contributed by atoms with van der Waals surface area (Å²) in [6, 6.07) is 7.45. The number of rotatable bonds is 8. The van der Waals surface area contributed by atoms with Crippen LogP contribution in [0.15, 0.2) is 24.3 Å². The zero-order chi connectivity index (χ0) is 20.1. The Labute approximate surface area is 165 Å². The summed E-state index contributed by atoms with van der Waals surface area (Å²) in [5.74, 6) is 0.496. The number of carbonyl (C=O) groups is 3. The van der Waals surface area contributed by atoms with Crippen molar-refractivity contribution in [2.24, 2.45) is 0 Å². The lowest BCUT2D eigenvalue weighted by Gasteiger charge is -2.19. The molecule has 0 atom stereocenters. The van der Waals surface area contributed by atoms with Gasteiger partial charge in [0.2, 0.25) is 5.91 Å². The highest BCUT2D eigenvalue weighted by Gasteiger charge is 2.52. The second kappa shape index (κ2) is 8.63. The number of hydrogen-bond acceptors (Lipinski definition) is 4. The number of hydrogen-bond donors (Lipinski definition) is 2. The van der Waals surface area contributed by atoms with E-state index in [1.54, 1.807) is 0 Å². The molecule has 7 heteroatoms. The normalized spacial score (nSPS) is 18.0. The van der Waals surface area contributed by atoms with Crippen LogP contribution >= 0.6 is 0 Å². The van der Waals surface area contributed by atoms with Crippen LogP contribution in [0.25, 0.3) is 0 Å². The van der Waals surface area contributed by atoms with Crippen molar-refractivity contribution in [3.63, 3.8) is 0 Å². The van der Waals surface area contributed by atoms with Gasteiger partial charge in [-0.1, -0.05) is 25.0 Å². The van der Waals surface area contributed by atoms with Crippen molar-refractivity contribution < 1.29 is 19.1 Å². The molecule has 0 unspecified atom stereocenters. The Morgan fingerprint density at radius 3 is 2.54 bits per heavy atom. The maximum absolute atomic E-state index is 12.5. The molecular weight excluding hydrogens is 358 g/mol. The molecule has 2 fully saturated rings. The van der Waals surface area contributed by atoms with E-state index in [9.17, 15) is 14.4 Å². The molecule has 152 valence electrons. The number of benzene rings is 1. The molecule has 2 N–H and O–H groups in total. The SMILES string of the molecule is CC(C)Oc1ccc(CCNC(=O)CCN2C(=O)NC3(CCCC3)C2=O)cc1. The molecule has 1 saturated heterocycles. The van der Waals surface area contributed by atoms with E-state index in [-0.39, 0.29) is 36.9 Å². The third-order valence-electron chi connectivity index (χ3n) is 5.30. The quantitative estimate of drug-likeness (QED) is 0.671. The monoisotopic (exact) mass is 387 g/mol. The van der Waals surface area contributed by atoms with E-state index >= 15 is 0 Å². The van der Waals surface area contributed by atoms with Crippen LogP contribution in [0.5, 0.6) is 5.75 Å². The molecule has 1 aromatic carbocycles. The summed E-state index contributed by atoms with van der Waals surface area (Å²) in [6.45, 7) is 4.60. The van der Waals surface area contributed by atoms with Crippen LogP contribution < -0.4 is 15.4 Å². The lowest BCUT2D eigenvalue weighted by Crippen LogP contribution is -2.44. The number of ether oxygens (including phenoxy) is 1. The fraction of sp³-hybridized carbons (Fsp3) is 0.571. The molecule has 0 radical (unpaired) electrons. The molecule has 1 spiro atoms. The minimum absolute atomic E-state index is 0.121. The van der Waals surface area contributed by atoms with E-state index in [1.165, 1.54) is 4.90 Å². The third kappa shape index (κ3) is 4.64. The first-order valence-corrected chi connectivity index (χ1v) is 10.1. The summed E-state index contributed by atoms with van der Waals surface area (Å²) in [6.07, 6.45) is 4.26. The second-order valence-electron chi connectivity index (χ2n) is 7.84. The Balaban J connectivity index is 1.39. The van der Waals surface area contributed by atoms with Crippen molar-refractivity contribution in [2.75, 3.05) is 13.1 Å². The van der Waals surface area contributed by atoms with Gasteiger partial charge in [0.1, 0.15) is 11.3 Å². The van der Waals surface area contributed by atoms with Crippen molar-refractivity contribution in [3.8, 4) is 5.75 Å². The van der Waals surface area contributed by atoms with Crippen molar-refractivity contribution >= 4 is 17.8 Å². The molecule has 3 rings (SSSR count). The summed E-state index contributed by atoms with van der Waals surface area (Å²) < 4.78 is 5.61. The molecule has 1 saturated carbocycles. The van der Waals surface area contributed by atoms with Crippen LogP contribution in [0.3, 0.4) is 0 Å². The maximum atomic E-state index is 12.5. The second-order valence-corrected chi connectivity index (χ2v) is 7.84. The summed E-state index contributed by atoms with van der Waals surface area (Å²) in [4.78, 5) is 37.9. The molecule has 0 aromatic heterocycles. The molecule has 1 heterocycles. The Bertz CT molecular complexity index is 724. The van der Waals surface area contributed by atoms with Gasteiger partial charge < -0.3 is 15.4 Å². The molecule has 1 aliphatic heterocycles. The van der Waals surface area contributed by atoms with Crippen LogP contribution in [-0.4, -0.2) is 47.5 Å². The van der Waals surface area contributed by atoms with Gasteiger partial charge in [-0.05, 0) is 50.8 Å². The van der Waals surface area contributed by atoms with Crippen molar-refractivity contribution in [3.05, 3.63) is 29.8 Å². The Kier molecular flexibility index (Phi) is 6.21. The molecule has 7 nitrogen and oxygen atoms in total. The standard InChI is InChI=1S/C21H29N3O4/c1-15(2)28-17-7-5-16(6-8-17)9-13-22-18(25)10-14-24-19(26)21(23-20(24)27)11-3-4-12-21/h5-8,15H,3-4,9-14H2,1-2H3,(H,22,25)(H,23,27). The predicted molar refractivity (Wildman–Crippen MR) is 105 cm³/mol. The topological polar surface area (TPSA) is 87.7 Å². The third-order valence-corrected chi connectivity index (χ3v) is 5.30. The first-order valence-electron chi connectivity index (χ1n) is 10.1. The Morgan fingerprint density at radius 1 is 1.21 bits per heavy atom. The Hall–Kier alpha value is -2.57. The molecule has 28 heavy (non-hydrogen) atoms. The van der Waals surface area contributed by atoms with Gasteiger partial charge in [0.15, 0.2) is 0 Å². The van der Waals surface area contributed by atoms with Gasteiger partial charge in [-0.15, -0.1) is 0 Å². The fourth-order valence-corrected chi connectivity index (χ4v) is 3.85. The highest BCUT2D eigenvalue weighted by molar-refractivity contribution is 6.07. The first-order chi connectivity index (χ1) is 13.4. The molecule has 2 aliphatic rings. The van der Waals surface area contributed by atoms with E-state index in [0.717, 1.165) is 24.2 Å². The minimum Gasteiger partial charge on any atom is -0.491 e. The lowest BCUT2D eigenvalue weighted by atomic mass is 9.98. The van der Waals surface area contributed by atoms with Crippen LogP contribution in [-0.2, 0) is 16.0 Å². The summed E-state index contributed by atoms with van der Waals surface area (Å²) >= 11 is 0. The number of amides is 4. The maximum Gasteiger partial charge on any atom is 0.325 e. The number of carbonyl (C=O) groups excluding carboxylic acids is 3. The fourth-order valence-electron chi connectivity index (χ4n) is 3.85. The van der Waals surface area contributed by atoms with E-state index in [1.807, 2.05) is 38.1 Å². The molecule has 1 aliphatic carbocycles. The van der Waals surface area contributed by atoms with Crippen molar-refractivity contribution in [1.29, 1.82) is 0 Å². The van der Waals surface area contributed by atoms with E-state index in [4.69, 9.17) is 4.74 Å². The predicted octanol–water partition coefficient (Wildman–Crippen LogP) is 2.39. The van der Waals surface area contributed by atoms with E-state index in [0.29, 0.717) is 25.8 Å². The van der Waals surface area contributed by atoms with Crippen LogP contribution in [0.1, 0.15) is 51.5 Å². The minimum atomic E-state index is -0.709. The van der Waals surface area contributed by atoms with Crippen LogP contribution in [0.4, 0.5) is 4.79 Å². The van der Waals surface area contributed by atoms with Crippen molar-refractivity contribution in [2.45, 2.75) is 64.0 Å². The number of nitrogens with one attached hydrogen (secondary N) is 2. The Morgan fingerprint density at radius 2 is 1.89 bits per heavy atom. The molecule has 0 bridgehead atoms. The largest absolute Gasteiger partial charge is 0.491 e. The zero-order valence-corrected chi connectivity index (χ0v) is 16.6. The number of imide groups is 1. The van der Waals surface area contributed by atoms with Gasteiger partial charge >= 0.3 is 6.03 Å². The van der Waals surface area contributed by atoms with Gasteiger partial charge in [-0.2, -0.15) is 0 Å². The van der Waals surface area contributed by atoms with Gasteiger partial charge in [0.25, 0.3) is 5.91 Å². The lowest BCUT2D eigenvalue weighted by molar-refractivity contribution is -0.131. The highest BCUT2D eigenvalue weighted by atomic mass is 16.5. The molecule has 4 amide bonds. The van der Waals surface area contributed by atoms with Gasteiger partial charge in [-0.25, -0.2) is 4.79 Å². The molecular formula is C21H29N3O4. The number of urea groups is 1. The summed E-state index contributed by atoms with van der Waals surface area (Å²) in [5.41, 5.74) is 0.396. The molecule has 1 aromatic rings. The van der Waals surface area contributed by atoms with Gasteiger partial charge in [0, 0.05) is 19.5 Å². The summed E-state index contributed by atoms with van der Waals surface area (Å²) in [7, 11) is 0. The van der Waals surface area contributed by atoms with Gasteiger partial charge in [0.05, 0.1) is 6.10 Å². The first kappa shape index (κ1) is 20.2. The highest BCUT2D eigenvalue weighted by Crippen LogP contribution is 2.34. The average molecular weight is 387 g/mol. The zero-order valence-electron chi connectivity index (χ0n) is 16.6. The number of nitrogens with zero attached hydrogens (tertiary/aromatic N) is 1.